The van der Waals surface area contributed by atoms with E-state index in [1.54, 1.807) is 18.2 Å². The van der Waals surface area contributed by atoms with Gasteiger partial charge in [0, 0.05) is 5.54 Å². The lowest BCUT2D eigenvalue weighted by molar-refractivity contribution is 0.243. The van der Waals surface area contributed by atoms with Crippen LogP contribution in [0, 0.1) is 0 Å². The first-order chi connectivity index (χ1) is 6.40. The van der Waals surface area contributed by atoms with Crippen LogP contribution >= 0.6 is 23.2 Å². The molecule has 0 unspecified atom stereocenters. The van der Waals surface area contributed by atoms with E-state index in [9.17, 15) is 0 Å². The number of hydrogen-bond acceptors (Lipinski definition) is 2. The molecule has 0 saturated heterocycles. The maximum atomic E-state index is 5.91. The minimum Gasteiger partial charge on any atom is -0.489 e. The molecule has 0 aliphatic rings. The third kappa shape index (κ3) is 3.37. The number of hydrogen-bond donors (Lipinski definition) is 1. The second-order valence-electron chi connectivity index (χ2n) is 3.83. The van der Waals surface area contributed by atoms with E-state index in [-0.39, 0.29) is 0 Å². The summed E-state index contributed by atoms with van der Waals surface area (Å²) in [4.78, 5) is 0. The highest BCUT2D eigenvalue weighted by atomic mass is 35.5. The molecule has 1 aromatic rings. The number of nitrogens with two attached hydrogens (primary N) is 1. The lowest BCUT2D eigenvalue weighted by Crippen LogP contribution is -2.38. The van der Waals surface area contributed by atoms with Gasteiger partial charge in [0.05, 0.1) is 10.0 Å². The van der Waals surface area contributed by atoms with Crippen molar-refractivity contribution in [2.24, 2.45) is 5.73 Å². The first-order valence-electron chi connectivity index (χ1n) is 4.26. The van der Waals surface area contributed by atoms with Gasteiger partial charge in [-0.25, -0.2) is 0 Å². The van der Waals surface area contributed by atoms with Crippen LogP contribution in [0.15, 0.2) is 18.2 Å². The molecular formula is C10H13Cl2NO. The fourth-order valence-corrected chi connectivity index (χ4v) is 1.39. The summed E-state index contributed by atoms with van der Waals surface area (Å²) in [7, 11) is 0. The molecular weight excluding hydrogens is 221 g/mol. The number of halogens is 2. The summed E-state index contributed by atoms with van der Waals surface area (Å²) >= 11 is 11.8. The van der Waals surface area contributed by atoms with Gasteiger partial charge in [0.1, 0.15) is 6.61 Å². The summed E-state index contributed by atoms with van der Waals surface area (Å²) in [5, 5.41) is 1.00. The van der Waals surface area contributed by atoms with Crippen molar-refractivity contribution >= 4 is 23.2 Å². The largest absolute Gasteiger partial charge is 0.489 e. The topological polar surface area (TPSA) is 35.2 Å². The molecule has 1 aromatic carbocycles. The number of rotatable bonds is 3. The van der Waals surface area contributed by atoms with E-state index in [1.165, 1.54) is 0 Å². The highest BCUT2D eigenvalue weighted by Crippen LogP contribution is 2.32. The molecule has 0 spiro atoms. The zero-order valence-corrected chi connectivity index (χ0v) is 9.69. The van der Waals surface area contributed by atoms with Crippen LogP contribution in [0.4, 0.5) is 0 Å². The van der Waals surface area contributed by atoms with Gasteiger partial charge in [0.25, 0.3) is 0 Å². The highest BCUT2D eigenvalue weighted by Gasteiger charge is 2.14. The van der Waals surface area contributed by atoms with Crippen molar-refractivity contribution in [3.63, 3.8) is 0 Å². The monoisotopic (exact) mass is 233 g/mol. The standard InChI is InChI=1S/C10H13Cl2NO/c1-10(2,13)6-14-9-7(11)4-3-5-8(9)12/h3-5H,6,13H2,1-2H3. The molecule has 0 saturated carbocycles. The van der Waals surface area contributed by atoms with E-state index in [1.807, 2.05) is 13.8 Å². The minimum atomic E-state index is -0.400. The van der Waals surface area contributed by atoms with Crippen molar-refractivity contribution in [3.8, 4) is 5.75 Å². The van der Waals surface area contributed by atoms with Gasteiger partial charge in [-0.2, -0.15) is 0 Å². The Balaban J connectivity index is 2.77. The Labute approximate surface area is 94.0 Å². The average Bonchev–Trinajstić information content (AvgIpc) is 2.01. The van der Waals surface area contributed by atoms with Crippen LogP contribution in [-0.2, 0) is 0 Å². The van der Waals surface area contributed by atoms with Crippen LogP contribution in [0.5, 0.6) is 5.75 Å². The quantitative estimate of drug-likeness (QED) is 0.871. The summed E-state index contributed by atoms with van der Waals surface area (Å²) < 4.78 is 5.44. The van der Waals surface area contributed by atoms with Gasteiger partial charge in [-0.3, -0.25) is 0 Å². The van der Waals surface area contributed by atoms with E-state index in [2.05, 4.69) is 0 Å². The van der Waals surface area contributed by atoms with E-state index < -0.39 is 5.54 Å². The Morgan fingerprint density at radius 1 is 1.29 bits per heavy atom. The molecule has 14 heavy (non-hydrogen) atoms. The molecule has 0 heterocycles. The first-order valence-corrected chi connectivity index (χ1v) is 5.01. The van der Waals surface area contributed by atoms with Crippen molar-refractivity contribution in [1.29, 1.82) is 0 Å². The van der Waals surface area contributed by atoms with Crippen LogP contribution < -0.4 is 10.5 Å². The average molecular weight is 234 g/mol. The molecule has 78 valence electrons. The Morgan fingerprint density at radius 2 is 1.79 bits per heavy atom. The Kier molecular flexibility index (Phi) is 3.65. The van der Waals surface area contributed by atoms with Crippen LogP contribution in [-0.4, -0.2) is 12.1 Å². The van der Waals surface area contributed by atoms with Crippen LogP contribution in [0.3, 0.4) is 0 Å². The van der Waals surface area contributed by atoms with Crippen LogP contribution in [0.25, 0.3) is 0 Å². The van der Waals surface area contributed by atoms with Crippen molar-refractivity contribution in [1.82, 2.24) is 0 Å². The van der Waals surface area contributed by atoms with Gasteiger partial charge in [0.15, 0.2) is 5.75 Å². The van der Waals surface area contributed by atoms with Gasteiger partial charge >= 0.3 is 0 Å². The predicted octanol–water partition coefficient (Wildman–Crippen LogP) is 3.11. The Hall–Kier alpha value is -0.440. The summed E-state index contributed by atoms with van der Waals surface area (Å²) in [5.74, 6) is 0.495. The maximum absolute atomic E-state index is 5.91. The smallest absolute Gasteiger partial charge is 0.156 e. The zero-order valence-electron chi connectivity index (χ0n) is 8.18. The Bertz CT molecular complexity index is 300. The van der Waals surface area contributed by atoms with Gasteiger partial charge in [-0.05, 0) is 26.0 Å². The van der Waals surface area contributed by atoms with Crippen LogP contribution in [0.1, 0.15) is 13.8 Å². The van der Waals surface area contributed by atoms with Gasteiger partial charge < -0.3 is 10.5 Å². The molecule has 0 radical (unpaired) electrons. The molecule has 0 aromatic heterocycles. The Morgan fingerprint density at radius 3 is 2.21 bits per heavy atom. The van der Waals surface area contributed by atoms with Crippen LogP contribution in [0.2, 0.25) is 10.0 Å². The molecule has 0 bridgehead atoms. The molecule has 0 aliphatic carbocycles. The number of para-hydroxylation sites is 1. The van der Waals surface area contributed by atoms with Crippen molar-refractivity contribution < 1.29 is 4.74 Å². The van der Waals surface area contributed by atoms with E-state index in [0.29, 0.717) is 22.4 Å². The second kappa shape index (κ2) is 4.39. The number of ether oxygens (including phenoxy) is 1. The van der Waals surface area contributed by atoms with Crippen molar-refractivity contribution in [3.05, 3.63) is 28.2 Å². The summed E-state index contributed by atoms with van der Waals surface area (Å²) in [5.41, 5.74) is 5.37. The number of benzene rings is 1. The SMILES string of the molecule is CC(C)(N)COc1c(Cl)cccc1Cl. The first kappa shape index (κ1) is 11.6. The molecule has 0 fully saturated rings. The van der Waals surface area contributed by atoms with E-state index in [0.717, 1.165) is 0 Å². The third-order valence-electron chi connectivity index (χ3n) is 1.51. The zero-order chi connectivity index (χ0) is 10.8. The molecule has 2 N–H and O–H groups in total. The van der Waals surface area contributed by atoms with Crippen molar-refractivity contribution in [2.75, 3.05) is 6.61 Å². The lowest BCUT2D eigenvalue weighted by Gasteiger charge is -2.19. The van der Waals surface area contributed by atoms with E-state index in [4.69, 9.17) is 33.7 Å². The maximum Gasteiger partial charge on any atom is 0.156 e. The molecule has 0 amide bonds. The van der Waals surface area contributed by atoms with Crippen molar-refractivity contribution in [2.45, 2.75) is 19.4 Å². The molecule has 0 aliphatic heterocycles. The fraction of sp³-hybridized carbons (Fsp3) is 0.400. The van der Waals surface area contributed by atoms with Gasteiger partial charge in [0.2, 0.25) is 0 Å². The molecule has 4 heteroatoms. The third-order valence-corrected chi connectivity index (χ3v) is 2.10. The minimum absolute atomic E-state index is 0.371. The summed E-state index contributed by atoms with van der Waals surface area (Å²) in [6.07, 6.45) is 0. The van der Waals surface area contributed by atoms with Gasteiger partial charge in [-0.15, -0.1) is 0 Å². The fourth-order valence-electron chi connectivity index (χ4n) is 0.879. The molecule has 2 nitrogen and oxygen atoms in total. The highest BCUT2D eigenvalue weighted by molar-refractivity contribution is 6.37. The summed E-state index contributed by atoms with van der Waals surface area (Å²) in [6.45, 7) is 4.12. The van der Waals surface area contributed by atoms with Gasteiger partial charge in [-0.1, -0.05) is 29.3 Å². The second-order valence-corrected chi connectivity index (χ2v) is 4.64. The predicted molar refractivity (Wildman–Crippen MR) is 60.2 cm³/mol. The summed E-state index contributed by atoms with van der Waals surface area (Å²) in [6, 6.07) is 5.23. The normalized spacial score (nSPS) is 11.5. The molecule has 0 atom stereocenters. The lowest BCUT2D eigenvalue weighted by atomic mass is 10.1. The van der Waals surface area contributed by atoms with E-state index >= 15 is 0 Å². The molecule has 1 rings (SSSR count).